The van der Waals surface area contributed by atoms with Crippen LogP contribution < -0.4 is 16.4 Å². The maximum Gasteiger partial charge on any atom is 0.407 e. The smallest absolute Gasteiger partial charge is 0.407 e. The highest BCUT2D eigenvalue weighted by molar-refractivity contribution is 5.94. The van der Waals surface area contributed by atoms with Crippen LogP contribution in [0.5, 0.6) is 0 Å². The molecule has 4 N–H and O–H groups in total. The molecule has 330 valence electrons. The molecule has 1 heterocycles. The molecule has 1 aliphatic heterocycles. The van der Waals surface area contributed by atoms with Crippen LogP contribution in [0.3, 0.4) is 0 Å². The number of likely N-dealkylation sites (tertiary alicyclic amines) is 1. The molecular formula is C48H70N4O8. The first-order valence-electron chi connectivity index (χ1n) is 21.9. The monoisotopic (exact) mass is 831 g/mol. The van der Waals surface area contributed by atoms with Gasteiger partial charge in [0.25, 0.3) is 0 Å². The molecule has 60 heavy (non-hydrogen) atoms. The Morgan fingerprint density at radius 3 is 1.92 bits per heavy atom. The largest absolute Gasteiger partial charge is 0.468 e. The van der Waals surface area contributed by atoms with Gasteiger partial charge in [-0.2, -0.15) is 0 Å². The average molecular weight is 831 g/mol. The third kappa shape index (κ3) is 14.6. The lowest BCUT2D eigenvalue weighted by Gasteiger charge is -2.56. The summed E-state index contributed by atoms with van der Waals surface area (Å²) in [5.41, 5.74) is 6.57. The lowest BCUT2D eigenvalue weighted by molar-refractivity contribution is -0.161. The average Bonchev–Trinajstić information content (AvgIpc) is 3.18. The summed E-state index contributed by atoms with van der Waals surface area (Å²) in [6, 6.07) is 18.6. The fourth-order valence-electron chi connectivity index (χ4n) is 8.88. The SMILES string of the molecule is COC(=O)C1(N)CC2(CCN(C(=O)[C@@H](CCCCNC(=O)OC(C)(C)C)CC(=O)[C@@H](CC(C)C)NC(=O)[C@H](CC(=O)[C@H](C)Cc3ccccc3)Cc3ccccc3)CC2)C1. The number of alkyl carbamates (subject to hydrolysis) is 1. The number of Topliss-reactive ketones (excluding diaryl/α,β-unsaturated/α-hetero) is 2. The van der Waals surface area contributed by atoms with Crippen molar-refractivity contribution in [3.63, 3.8) is 0 Å². The summed E-state index contributed by atoms with van der Waals surface area (Å²) in [5, 5.41) is 5.83. The number of benzene rings is 2. The van der Waals surface area contributed by atoms with E-state index < -0.39 is 41.1 Å². The summed E-state index contributed by atoms with van der Waals surface area (Å²) >= 11 is 0. The van der Waals surface area contributed by atoms with E-state index in [0.29, 0.717) is 83.8 Å². The van der Waals surface area contributed by atoms with Crippen molar-refractivity contribution in [2.24, 2.45) is 34.8 Å². The van der Waals surface area contributed by atoms with E-state index in [9.17, 15) is 28.8 Å². The zero-order valence-electron chi connectivity index (χ0n) is 37.1. The third-order valence-corrected chi connectivity index (χ3v) is 12.0. The van der Waals surface area contributed by atoms with E-state index >= 15 is 0 Å². The van der Waals surface area contributed by atoms with E-state index in [-0.39, 0.29) is 53.5 Å². The van der Waals surface area contributed by atoms with Crippen molar-refractivity contribution < 1.29 is 38.2 Å². The molecule has 1 aliphatic carbocycles. The molecule has 0 radical (unpaired) electrons. The molecule has 3 amide bonds. The summed E-state index contributed by atoms with van der Waals surface area (Å²) < 4.78 is 10.3. The van der Waals surface area contributed by atoms with E-state index in [1.54, 1.807) is 20.8 Å². The van der Waals surface area contributed by atoms with Gasteiger partial charge in [-0.1, -0.05) is 87.9 Å². The van der Waals surface area contributed by atoms with Crippen LogP contribution in [0.2, 0.25) is 0 Å². The number of hydrogen-bond donors (Lipinski definition) is 3. The van der Waals surface area contributed by atoms with Gasteiger partial charge in [-0.3, -0.25) is 24.0 Å². The van der Waals surface area contributed by atoms with Gasteiger partial charge in [-0.05, 0) is 101 Å². The third-order valence-electron chi connectivity index (χ3n) is 12.0. The van der Waals surface area contributed by atoms with Gasteiger partial charge < -0.3 is 30.7 Å². The first-order chi connectivity index (χ1) is 28.3. The van der Waals surface area contributed by atoms with Gasteiger partial charge in [0.15, 0.2) is 5.78 Å². The Hall–Kier alpha value is -4.58. The number of nitrogens with two attached hydrogens (primary N) is 1. The van der Waals surface area contributed by atoms with Crippen LogP contribution in [-0.4, -0.2) is 84.3 Å². The number of esters is 1. The quantitative estimate of drug-likeness (QED) is 0.0908. The summed E-state index contributed by atoms with van der Waals surface area (Å²) in [7, 11) is 1.34. The number of nitrogens with zero attached hydrogens (tertiary/aromatic N) is 1. The standard InChI is InChI=1S/C48H70N4O8/c1-33(2)26-39(51-42(55)38(28-36-18-12-9-13-19-36)30-40(53)34(3)27-35-16-10-8-11-17-35)41(54)29-37(20-14-15-23-50-45(58)60-46(4,5)6)43(56)52-24-21-47(22-25-52)31-48(49,32-47)44(57)59-7/h8-13,16-19,33-34,37-39H,14-15,20-32,49H2,1-7H3,(H,50,58)(H,51,55)/t34-,37+,38+,39-/m1/s1. The van der Waals surface area contributed by atoms with Crippen LogP contribution in [0.25, 0.3) is 0 Å². The minimum atomic E-state index is -0.993. The number of carbonyl (C=O) groups is 6. The van der Waals surface area contributed by atoms with E-state index in [1.807, 2.05) is 86.3 Å². The van der Waals surface area contributed by atoms with E-state index in [0.717, 1.165) is 11.1 Å². The summed E-state index contributed by atoms with van der Waals surface area (Å²) in [6.07, 6.45) is 4.78. The van der Waals surface area contributed by atoms with Gasteiger partial charge in [0, 0.05) is 50.2 Å². The molecule has 1 spiro atoms. The first-order valence-corrected chi connectivity index (χ1v) is 21.9. The minimum absolute atomic E-state index is 0.0128. The molecule has 0 aromatic heterocycles. The molecule has 2 fully saturated rings. The maximum atomic E-state index is 14.4. The predicted molar refractivity (Wildman–Crippen MR) is 232 cm³/mol. The number of methoxy groups -OCH3 is 1. The molecule has 0 bridgehead atoms. The molecule has 4 atom stereocenters. The topological polar surface area (TPSA) is 174 Å². The molecule has 2 aliphatic rings. The molecule has 4 rings (SSSR count). The fourth-order valence-corrected chi connectivity index (χ4v) is 8.88. The maximum absolute atomic E-state index is 14.4. The Balaban J connectivity index is 1.47. The molecular weight excluding hydrogens is 761 g/mol. The van der Waals surface area contributed by atoms with Crippen LogP contribution in [0.1, 0.15) is 117 Å². The normalized spacial score (nSPS) is 17.7. The lowest BCUT2D eigenvalue weighted by atomic mass is 9.54. The number of carbonyl (C=O) groups excluding carboxylic acids is 6. The van der Waals surface area contributed by atoms with Crippen molar-refractivity contribution in [1.82, 2.24) is 15.5 Å². The fraction of sp³-hybridized carbons (Fsp3) is 0.625. The molecule has 2 aromatic carbocycles. The zero-order chi connectivity index (χ0) is 44.1. The predicted octanol–water partition coefficient (Wildman–Crippen LogP) is 6.76. The van der Waals surface area contributed by atoms with Crippen molar-refractivity contribution in [1.29, 1.82) is 0 Å². The summed E-state index contributed by atoms with van der Waals surface area (Å²) in [4.78, 5) is 82.9. The molecule has 1 saturated heterocycles. The second-order valence-corrected chi connectivity index (χ2v) is 19.0. The van der Waals surface area contributed by atoms with Gasteiger partial charge in [-0.25, -0.2) is 4.79 Å². The number of nitrogens with one attached hydrogen (secondary N) is 2. The number of piperidine rings is 1. The Morgan fingerprint density at radius 2 is 1.37 bits per heavy atom. The minimum Gasteiger partial charge on any atom is -0.468 e. The highest BCUT2D eigenvalue weighted by Gasteiger charge is 2.58. The molecule has 2 aromatic rings. The van der Waals surface area contributed by atoms with Crippen LogP contribution >= 0.6 is 0 Å². The Morgan fingerprint density at radius 1 is 0.800 bits per heavy atom. The second kappa shape index (κ2) is 21.8. The number of hydrogen-bond acceptors (Lipinski definition) is 9. The van der Waals surface area contributed by atoms with Crippen molar-refractivity contribution in [3.8, 4) is 0 Å². The van der Waals surface area contributed by atoms with Crippen LogP contribution in [0.15, 0.2) is 60.7 Å². The Labute approximate surface area is 357 Å². The summed E-state index contributed by atoms with van der Waals surface area (Å²) in [6.45, 7) is 12.6. The van der Waals surface area contributed by atoms with E-state index in [4.69, 9.17) is 15.2 Å². The Kier molecular flexibility index (Phi) is 17.5. The van der Waals surface area contributed by atoms with Gasteiger partial charge in [0.2, 0.25) is 11.8 Å². The molecule has 12 heteroatoms. The van der Waals surface area contributed by atoms with Gasteiger partial charge >= 0.3 is 12.1 Å². The lowest BCUT2D eigenvalue weighted by Crippen LogP contribution is -2.65. The summed E-state index contributed by atoms with van der Waals surface area (Å²) in [5.74, 6) is -2.66. The van der Waals surface area contributed by atoms with E-state index in [2.05, 4.69) is 10.6 Å². The highest BCUT2D eigenvalue weighted by Crippen LogP contribution is 2.54. The zero-order valence-corrected chi connectivity index (χ0v) is 37.1. The van der Waals surface area contributed by atoms with Crippen LogP contribution in [0, 0.1) is 29.1 Å². The van der Waals surface area contributed by atoms with Crippen molar-refractivity contribution in [2.75, 3.05) is 26.7 Å². The van der Waals surface area contributed by atoms with Crippen LogP contribution in [0.4, 0.5) is 4.79 Å². The van der Waals surface area contributed by atoms with Gasteiger partial charge in [0.05, 0.1) is 13.2 Å². The molecule has 1 saturated carbocycles. The van der Waals surface area contributed by atoms with Crippen molar-refractivity contribution in [3.05, 3.63) is 71.8 Å². The second-order valence-electron chi connectivity index (χ2n) is 19.0. The highest BCUT2D eigenvalue weighted by atomic mass is 16.6. The van der Waals surface area contributed by atoms with Gasteiger partial charge in [0.1, 0.15) is 16.9 Å². The van der Waals surface area contributed by atoms with Crippen LogP contribution in [-0.2, 0) is 46.3 Å². The first kappa shape index (κ1) is 48.1. The van der Waals surface area contributed by atoms with Crippen molar-refractivity contribution >= 4 is 35.4 Å². The number of unbranched alkanes of at least 4 members (excludes halogenated alkanes) is 1. The van der Waals surface area contributed by atoms with E-state index in [1.165, 1.54) is 7.11 Å². The molecule has 12 nitrogen and oxygen atoms in total. The van der Waals surface area contributed by atoms with Gasteiger partial charge in [-0.15, -0.1) is 0 Å². The number of ether oxygens (including phenoxy) is 2. The number of rotatable bonds is 21. The Bertz CT molecular complexity index is 1740. The number of amides is 3. The molecule has 0 unspecified atom stereocenters. The van der Waals surface area contributed by atoms with Crippen molar-refractivity contribution in [2.45, 2.75) is 136 Å². The number of ketones is 2.